The number of nitrogens with zero attached hydrogens (tertiary/aromatic N) is 1. The van der Waals surface area contributed by atoms with Gasteiger partial charge in [-0.3, -0.25) is 4.79 Å². The molecule has 3 rings (SSSR count). The molecule has 2 heterocycles. The minimum Gasteiger partial charge on any atom is -0.449 e. The van der Waals surface area contributed by atoms with Crippen LogP contribution < -0.4 is 4.90 Å². The molecule has 1 aromatic heterocycles. The van der Waals surface area contributed by atoms with Crippen molar-refractivity contribution in [3.05, 3.63) is 53.8 Å². The Balaban J connectivity index is 1.98. The summed E-state index contributed by atoms with van der Waals surface area (Å²) in [5, 5.41) is 0. The largest absolute Gasteiger partial charge is 0.449 e. The number of anilines is 1. The smallest absolute Gasteiger partial charge is 0.195 e. The molecule has 80 valence electrons. The van der Waals surface area contributed by atoms with Gasteiger partial charge in [-0.15, -0.1) is 0 Å². The maximum Gasteiger partial charge on any atom is 0.195 e. The molecule has 0 radical (unpaired) electrons. The molecule has 16 heavy (non-hydrogen) atoms. The van der Waals surface area contributed by atoms with E-state index in [9.17, 15) is 4.79 Å². The maximum absolute atomic E-state index is 11.9. The Morgan fingerprint density at radius 1 is 1.06 bits per heavy atom. The van der Waals surface area contributed by atoms with Crippen LogP contribution in [0.1, 0.15) is 15.9 Å². The highest BCUT2D eigenvalue weighted by molar-refractivity contribution is 6.01. The molecule has 1 aromatic carbocycles. The van der Waals surface area contributed by atoms with E-state index in [2.05, 4.69) is 0 Å². The first kappa shape index (κ1) is 9.21. The maximum atomic E-state index is 11.9. The predicted molar refractivity (Wildman–Crippen MR) is 60.5 cm³/mol. The molecule has 0 aliphatic carbocycles. The minimum absolute atomic E-state index is 0.151. The van der Waals surface area contributed by atoms with Crippen LogP contribution >= 0.6 is 0 Å². The summed E-state index contributed by atoms with van der Waals surface area (Å²) in [7, 11) is 0. The standard InChI is InChI=1S/C13H11NO2/c15-12-9-14(13-6-3-7-16-13)8-10-4-1-2-5-11(10)12/h1-7H,8-9H2. The van der Waals surface area contributed by atoms with Gasteiger partial charge in [0.05, 0.1) is 12.8 Å². The highest BCUT2D eigenvalue weighted by atomic mass is 16.3. The molecular weight excluding hydrogens is 202 g/mol. The van der Waals surface area contributed by atoms with Crippen molar-refractivity contribution in [1.29, 1.82) is 0 Å². The summed E-state index contributed by atoms with van der Waals surface area (Å²) in [5.41, 5.74) is 1.90. The summed E-state index contributed by atoms with van der Waals surface area (Å²) >= 11 is 0. The lowest BCUT2D eigenvalue weighted by molar-refractivity contribution is 0.0990. The van der Waals surface area contributed by atoms with E-state index >= 15 is 0 Å². The molecule has 0 fully saturated rings. The lowest BCUT2D eigenvalue weighted by Crippen LogP contribution is -2.34. The summed E-state index contributed by atoms with van der Waals surface area (Å²) in [6.45, 7) is 1.12. The highest BCUT2D eigenvalue weighted by Gasteiger charge is 2.23. The fourth-order valence-corrected chi connectivity index (χ4v) is 2.06. The summed E-state index contributed by atoms with van der Waals surface area (Å²) in [6.07, 6.45) is 1.63. The predicted octanol–water partition coefficient (Wildman–Crippen LogP) is 2.48. The highest BCUT2D eigenvalue weighted by Crippen LogP contribution is 2.24. The molecule has 0 saturated heterocycles. The molecule has 1 aliphatic rings. The normalized spacial score (nSPS) is 15.0. The average Bonchev–Trinajstić information content (AvgIpc) is 2.82. The summed E-state index contributed by atoms with van der Waals surface area (Å²) in [5.74, 6) is 0.904. The van der Waals surface area contributed by atoms with Crippen LogP contribution in [0.3, 0.4) is 0 Å². The molecule has 0 atom stereocenters. The Morgan fingerprint density at radius 3 is 2.75 bits per heavy atom. The van der Waals surface area contributed by atoms with Gasteiger partial charge in [0.1, 0.15) is 0 Å². The van der Waals surface area contributed by atoms with Gasteiger partial charge >= 0.3 is 0 Å². The van der Waals surface area contributed by atoms with Gasteiger partial charge in [-0.2, -0.15) is 0 Å². The summed E-state index contributed by atoms with van der Waals surface area (Å²) in [6, 6.07) is 11.4. The fraction of sp³-hybridized carbons (Fsp3) is 0.154. The molecule has 2 aromatic rings. The quantitative estimate of drug-likeness (QED) is 0.729. The molecule has 1 aliphatic heterocycles. The lowest BCUT2D eigenvalue weighted by Gasteiger charge is -2.27. The second-order valence-corrected chi connectivity index (χ2v) is 3.89. The molecule has 0 bridgehead atoms. The van der Waals surface area contributed by atoms with Gasteiger partial charge in [-0.25, -0.2) is 0 Å². The van der Waals surface area contributed by atoms with E-state index in [1.165, 1.54) is 0 Å². The third-order valence-corrected chi connectivity index (χ3v) is 2.83. The monoisotopic (exact) mass is 213 g/mol. The second kappa shape index (κ2) is 3.52. The Morgan fingerprint density at radius 2 is 1.94 bits per heavy atom. The zero-order valence-electron chi connectivity index (χ0n) is 8.72. The van der Waals surface area contributed by atoms with Crippen molar-refractivity contribution in [1.82, 2.24) is 0 Å². The SMILES string of the molecule is O=C1CN(c2ccco2)Cc2ccccc21. The van der Waals surface area contributed by atoms with E-state index in [0.29, 0.717) is 6.54 Å². The molecular formula is C13H11NO2. The van der Waals surface area contributed by atoms with Crippen LogP contribution in [0.5, 0.6) is 0 Å². The van der Waals surface area contributed by atoms with Crippen LogP contribution in [-0.4, -0.2) is 12.3 Å². The lowest BCUT2D eigenvalue weighted by atomic mass is 9.99. The van der Waals surface area contributed by atoms with Crippen molar-refractivity contribution in [2.45, 2.75) is 6.54 Å². The summed E-state index contributed by atoms with van der Waals surface area (Å²) in [4.78, 5) is 13.9. The number of carbonyl (C=O) groups is 1. The Hall–Kier alpha value is -2.03. The van der Waals surface area contributed by atoms with Gasteiger partial charge in [0.25, 0.3) is 0 Å². The van der Waals surface area contributed by atoms with Gasteiger partial charge in [0, 0.05) is 18.2 Å². The Kier molecular flexibility index (Phi) is 2.03. The molecule has 0 N–H and O–H groups in total. The molecule has 0 unspecified atom stereocenters. The number of furan rings is 1. The van der Waals surface area contributed by atoms with Crippen LogP contribution in [-0.2, 0) is 6.54 Å². The van der Waals surface area contributed by atoms with E-state index in [1.54, 1.807) is 6.26 Å². The zero-order chi connectivity index (χ0) is 11.0. The van der Waals surface area contributed by atoms with Crippen LogP contribution in [0.15, 0.2) is 47.1 Å². The molecule has 0 amide bonds. The number of rotatable bonds is 1. The van der Waals surface area contributed by atoms with Crippen LogP contribution in [0.25, 0.3) is 0 Å². The van der Waals surface area contributed by atoms with Gasteiger partial charge in [0.2, 0.25) is 0 Å². The number of Topliss-reactive ketones (excluding diaryl/α,β-unsaturated/α-hetero) is 1. The number of fused-ring (bicyclic) bond motifs is 1. The van der Waals surface area contributed by atoms with Crippen molar-refractivity contribution in [2.75, 3.05) is 11.4 Å². The van der Waals surface area contributed by atoms with Crippen molar-refractivity contribution in [2.24, 2.45) is 0 Å². The van der Waals surface area contributed by atoms with Gasteiger partial charge < -0.3 is 9.32 Å². The van der Waals surface area contributed by atoms with Gasteiger partial charge in [-0.1, -0.05) is 24.3 Å². The number of carbonyl (C=O) groups excluding carboxylic acids is 1. The fourth-order valence-electron chi connectivity index (χ4n) is 2.06. The number of hydrogen-bond donors (Lipinski definition) is 0. The first-order chi connectivity index (χ1) is 7.84. The van der Waals surface area contributed by atoms with E-state index in [-0.39, 0.29) is 5.78 Å². The van der Waals surface area contributed by atoms with Crippen molar-refractivity contribution < 1.29 is 9.21 Å². The Bertz CT molecular complexity index is 516. The summed E-state index contributed by atoms with van der Waals surface area (Å²) < 4.78 is 5.31. The molecule has 3 heteroatoms. The average molecular weight is 213 g/mol. The second-order valence-electron chi connectivity index (χ2n) is 3.89. The minimum atomic E-state index is 0.151. The molecule has 0 saturated carbocycles. The van der Waals surface area contributed by atoms with E-state index in [4.69, 9.17) is 4.42 Å². The van der Waals surface area contributed by atoms with Crippen LogP contribution in [0.2, 0.25) is 0 Å². The van der Waals surface area contributed by atoms with Gasteiger partial charge in [-0.05, 0) is 11.6 Å². The third-order valence-electron chi connectivity index (χ3n) is 2.83. The van der Waals surface area contributed by atoms with Crippen molar-refractivity contribution in [3.8, 4) is 0 Å². The topological polar surface area (TPSA) is 33.5 Å². The molecule has 0 spiro atoms. The van der Waals surface area contributed by atoms with E-state index < -0.39 is 0 Å². The number of ketones is 1. The first-order valence-electron chi connectivity index (χ1n) is 5.24. The number of benzene rings is 1. The van der Waals surface area contributed by atoms with Crippen molar-refractivity contribution >= 4 is 11.7 Å². The molecule has 3 nitrogen and oxygen atoms in total. The van der Waals surface area contributed by atoms with Crippen LogP contribution in [0.4, 0.5) is 5.88 Å². The van der Waals surface area contributed by atoms with E-state index in [1.807, 2.05) is 41.3 Å². The Labute approximate surface area is 93.3 Å². The van der Waals surface area contributed by atoms with Crippen molar-refractivity contribution in [3.63, 3.8) is 0 Å². The third kappa shape index (κ3) is 1.41. The van der Waals surface area contributed by atoms with E-state index in [0.717, 1.165) is 23.6 Å². The zero-order valence-corrected chi connectivity index (χ0v) is 8.72. The number of hydrogen-bond acceptors (Lipinski definition) is 3. The first-order valence-corrected chi connectivity index (χ1v) is 5.24. The van der Waals surface area contributed by atoms with Crippen LogP contribution in [0, 0.1) is 0 Å². The van der Waals surface area contributed by atoms with Gasteiger partial charge in [0.15, 0.2) is 11.7 Å².